The maximum absolute atomic E-state index is 12.7. The summed E-state index contributed by atoms with van der Waals surface area (Å²) < 4.78 is 36.8. The molecule has 0 saturated carbocycles. The number of nitrogens with two attached hydrogens (primary N) is 1. The highest BCUT2D eigenvalue weighted by molar-refractivity contribution is 6.00. The van der Waals surface area contributed by atoms with E-state index < -0.39 is 42.9 Å². The molecule has 162 valence electrons. The number of halogens is 3. The Hall–Kier alpha value is -2.36. The molecule has 3 amide bonds. The lowest BCUT2D eigenvalue weighted by molar-refractivity contribution is -0.139. The van der Waals surface area contributed by atoms with Crippen LogP contribution in [0.5, 0.6) is 0 Å². The smallest absolute Gasteiger partial charge is 0.343 e. The number of nitrogens with zero attached hydrogens (tertiary/aromatic N) is 1. The van der Waals surface area contributed by atoms with Crippen molar-refractivity contribution in [2.75, 3.05) is 13.6 Å². The molecule has 0 spiro atoms. The third-order valence-electron chi connectivity index (χ3n) is 5.16. The van der Waals surface area contributed by atoms with E-state index in [0.29, 0.717) is 6.54 Å². The maximum Gasteiger partial charge on any atom is 0.389 e. The summed E-state index contributed by atoms with van der Waals surface area (Å²) >= 11 is 0. The standard InChI is InChI=1S/C19H27F3N4O3/c1-11(24-17(28)14(23)7-9-19(20,21)22)16(27)25-15-13-6-4-3-5-12(13)8-10-26(2)18(15)29/h4,6,11-12,14H,3,5,7-10,23H2,1-2H3,(H,24,28)(H,25,27)/t11-,12?,14?/m0/s1. The second-order valence-corrected chi connectivity index (χ2v) is 7.50. The molecule has 29 heavy (non-hydrogen) atoms. The van der Waals surface area contributed by atoms with Crippen molar-refractivity contribution in [2.24, 2.45) is 11.7 Å². The van der Waals surface area contributed by atoms with E-state index in [1.165, 1.54) is 11.8 Å². The minimum atomic E-state index is -4.41. The molecule has 10 heteroatoms. The number of fused-ring (bicyclic) bond motifs is 1. The Morgan fingerprint density at radius 1 is 1.31 bits per heavy atom. The van der Waals surface area contributed by atoms with Crippen molar-refractivity contribution in [3.8, 4) is 0 Å². The number of rotatable bonds is 6. The Labute approximate surface area is 167 Å². The summed E-state index contributed by atoms with van der Waals surface area (Å²) in [4.78, 5) is 38.7. The van der Waals surface area contributed by atoms with Gasteiger partial charge >= 0.3 is 6.18 Å². The lowest BCUT2D eigenvalue weighted by Crippen LogP contribution is -2.51. The maximum atomic E-state index is 12.7. The first kappa shape index (κ1) is 22.9. The van der Waals surface area contributed by atoms with Gasteiger partial charge in [-0.1, -0.05) is 12.2 Å². The third kappa shape index (κ3) is 6.31. The summed E-state index contributed by atoms with van der Waals surface area (Å²) in [5.41, 5.74) is 6.42. The fourth-order valence-corrected chi connectivity index (χ4v) is 3.35. The lowest BCUT2D eigenvalue weighted by Gasteiger charge is -2.22. The Bertz CT molecular complexity index is 718. The SMILES string of the molecule is C[C@H](NC(=O)C(N)CCC(F)(F)F)C(=O)NC1=C2C=CCCC2CCN(C)C1=O. The summed E-state index contributed by atoms with van der Waals surface area (Å²) in [6.45, 7) is 1.95. The van der Waals surface area contributed by atoms with Gasteiger partial charge in [-0.05, 0) is 44.1 Å². The second kappa shape index (κ2) is 9.43. The van der Waals surface area contributed by atoms with Gasteiger partial charge in [-0.3, -0.25) is 14.4 Å². The molecule has 2 unspecified atom stereocenters. The van der Waals surface area contributed by atoms with E-state index in [9.17, 15) is 27.6 Å². The van der Waals surface area contributed by atoms with Crippen molar-refractivity contribution >= 4 is 17.7 Å². The highest BCUT2D eigenvalue weighted by Gasteiger charge is 2.32. The largest absolute Gasteiger partial charge is 0.389 e. The van der Waals surface area contributed by atoms with Gasteiger partial charge in [-0.15, -0.1) is 0 Å². The van der Waals surface area contributed by atoms with Gasteiger partial charge in [-0.25, -0.2) is 0 Å². The first-order valence-electron chi connectivity index (χ1n) is 9.59. The average Bonchev–Trinajstić information content (AvgIpc) is 2.77. The molecule has 1 aliphatic heterocycles. The molecule has 0 saturated heterocycles. The van der Waals surface area contributed by atoms with E-state index in [-0.39, 0.29) is 17.5 Å². The lowest BCUT2D eigenvalue weighted by atomic mass is 9.86. The molecule has 7 nitrogen and oxygen atoms in total. The quantitative estimate of drug-likeness (QED) is 0.608. The predicted molar refractivity (Wildman–Crippen MR) is 100 cm³/mol. The number of nitrogens with one attached hydrogen (secondary N) is 2. The molecule has 0 aromatic rings. The van der Waals surface area contributed by atoms with E-state index in [1.54, 1.807) is 7.05 Å². The van der Waals surface area contributed by atoms with E-state index in [2.05, 4.69) is 10.6 Å². The van der Waals surface area contributed by atoms with Crippen LogP contribution in [0, 0.1) is 5.92 Å². The van der Waals surface area contributed by atoms with Gasteiger partial charge < -0.3 is 21.3 Å². The molecule has 0 bridgehead atoms. The summed E-state index contributed by atoms with van der Waals surface area (Å²) in [7, 11) is 1.65. The van der Waals surface area contributed by atoms with Gasteiger partial charge in [0.05, 0.1) is 6.04 Å². The highest BCUT2D eigenvalue weighted by atomic mass is 19.4. The van der Waals surface area contributed by atoms with Crippen molar-refractivity contribution in [2.45, 2.75) is 57.3 Å². The van der Waals surface area contributed by atoms with Gasteiger partial charge in [-0.2, -0.15) is 13.2 Å². The molecular formula is C19H27F3N4O3. The molecule has 1 heterocycles. The van der Waals surface area contributed by atoms with Crippen LogP contribution in [-0.4, -0.2) is 54.5 Å². The fraction of sp³-hybridized carbons (Fsp3) is 0.632. The van der Waals surface area contributed by atoms with Crippen LogP contribution in [0.15, 0.2) is 23.4 Å². The summed E-state index contributed by atoms with van der Waals surface area (Å²) in [6, 6.07) is -2.45. The number of hydrogen-bond acceptors (Lipinski definition) is 4. The van der Waals surface area contributed by atoms with Crippen molar-refractivity contribution in [3.63, 3.8) is 0 Å². The Morgan fingerprint density at radius 3 is 2.66 bits per heavy atom. The molecule has 4 N–H and O–H groups in total. The van der Waals surface area contributed by atoms with Crippen LogP contribution < -0.4 is 16.4 Å². The van der Waals surface area contributed by atoms with Gasteiger partial charge in [0.1, 0.15) is 11.7 Å². The molecule has 0 aromatic carbocycles. The normalized spacial score (nSPS) is 21.9. The van der Waals surface area contributed by atoms with Crippen LogP contribution in [0.4, 0.5) is 13.2 Å². The molecule has 3 atom stereocenters. The molecule has 2 rings (SSSR count). The summed E-state index contributed by atoms with van der Waals surface area (Å²) in [5.74, 6) is -1.65. The zero-order valence-electron chi connectivity index (χ0n) is 16.5. The first-order valence-corrected chi connectivity index (χ1v) is 9.59. The number of allylic oxidation sites excluding steroid dienone is 3. The molecule has 0 aromatic heterocycles. The van der Waals surface area contributed by atoms with Crippen LogP contribution >= 0.6 is 0 Å². The van der Waals surface area contributed by atoms with Crippen LogP contribution in [0.3, 0.4) is 0 Å². The molecular weight excluding hydrogens is 389 g/mol. The fourth-order valence-electron chi connectivity index (χ4n) is 3.35. The molecule has 0 fully saturated rings. The summed E-state index contributed by atoms with van der Waals surface area (Å²) in [5, 5.41) is 4.91. The third-order valence-corrected chi connectivity index (χ3v) is 5.16. The van der Waals surface area contributed by atoms with Crippen molar-refractivity contribution < 1.29 is 27.6 Å². The summed E-state index contributed by atoms with van der Waals surface area (Å²) in [6.07, 6.45) is 0.189. The minimum absolute atomic E-state index is 0.157. The van der Waals surface area contributed by atoms with E-state index in [0.717, 1.165) is 24.8 Å². The highest BCUT2D eigenvalue weighted by Crippen LogP contribution is 2.31. The van der Waals surface area contributed by atoms with Crippen LogP contribution in [0.1, 0.15) is 39.0 Å². The van der Waals surface area contributed by atoms with Gasteiger partial charge in [0.15, 0.2) is 0 Å². The zero-order chi connectivity index (χ0) is 21.8. The van der Waals surface area contributed by atoms with Gasteiger partial charge in [0, 0.05) is 20.0 Å². The average molecular weight is 416 g/mol. The van der Waals surface area contributed by atoms with Crippen molar-refractivity contribution in [1.29, 1.82) is 0 Å². The molecule has 1 aliphatic carbocycles. The minimum Gasteiger partial charge on any atom is -0.343 e. The molecule has 2 aliphatic rings. The second-order valence-electron chi connectivity index (χ2n) is 7.50. The van der Waals surface area contributed by atoms with Crippen LogP contribution in [0.25, 0.3) is 0 Å². The Balaban J connectivity index is 2.04. The zero-order valence-corrected chi connectivity index (χ0v) is 16.5. The van der Waals surface area contributed by atoms with Crippen LogP contribution in [-0.2, 0) is 14.4 Å². The van der Waals surface area contributed by atoms with Crippen LogP contribution in [0.2, 0.25) is 0 Å². The van der Waals surface area contributed by atoms with Gasteiger partial charge in [0.2, 0.25) is 11.8 Å². The number of carbonyl (C=O) groups is 3. The number of carbonyl (C=O) groups excluding carboxylic acids is 3. The Morgan fingerprint density at radius 2 is 2.00 bits per heavy atom. The van der Waals surface area contributed by atoms with E-state index >= 15 is 0 Å². The van der Waals surface area contributed by atoms with E-state index in [4.69, 9.17) is 5.73 Å². The number of hydrogen-bond donors (Lipinski definition) is 3. The van der Waals surface area contributed by atoms with Gasteiger partial charge in [0.25, 0.3) is 5.91 Å². The number of likely N-dealkylation sites (N-methyl/N-ethyl adjacent to an activating group) is 1. The first-order chi connectivity index (χ1) is 13.5. The predicted octanol–water partition coefficient (Wildman–Crippen LogP) is 1.36. The monoisotopic (exact) mass is 416 g/mol. The van der Waals surface area contributed by atoms with Crippen molar-refractivity contribution in [1.82, 2.24) is 15.5 Å². The number of amides is 3. The van der Waals surface area contributed by atoms with Crippen molar-refractivity contribution in [3.05, 3.63) is 23.4 Å². The van der Waals surface area contributed by atoms with E-state index in [1.807, 2.05) is 12.2 Å². The Kier molecular flexibility index (Phi) is 7.45. The molecule has 0 radical (unpaired) electrons. The topological polar surface area (TPSA) is 105 Å². The number of alkyl halides is 3.